The summed E-state index contributed by atoms with van der Waals surface area (Å²) in [6, 6.07) is 14.7. The minimum absolute atomic E-state index is 0.145. The summed E-state index contributed by atoms with van der Waals surface area (Å²) in [6.07, 6.45) is 0. The Morgan fingerprint density at radius 2 is 1.88 bits per heavy atom. The Labute approximate surface area is 152 Å². The third kappa shape index (κ3) is 3.74. The van der Waals surface area contributed by atoms with Crippen LogP contribution in [-0.2, 0) is 6.54 Å². The largest absolute Gasteiger partial charge is 0.497 e. The molecule has 6 heteroatoms. The summed E-state index contributed by atoms with van der Waals surface area (Å²) in [5, 5.41) is 5.21. The maximum absolute atomic E-state index is 14.0. The number of hydrogen-bond donors (Lipinski definition) is 2. The SMILES string of the molecule is COc1ccc2cc(CNc3cc(Br)cc(F)c3C(N)=O)ccc2c1. The third-order valence-electron chi connectivity index (χ3n) is 3.90. The Morgan fingerprint density at radius 3 is 2.60 bits per heavy atom. The number of anilines is 1. The highest BCUT2D eigenvalue weighted by molar-refractivity contribution is 9.10. The number of halogens is 2. The van der Waals surface area contributed by atoms with Crippen molar-refractivity contribution in [2.24, 2.45) is 5.73 Å². The lowest BCUT2D eigenvalue weighted by atomic mass is 10.1. The van der Waals surface area contributed by atoms with E-state index in [4.69, 9.17) is 10.5 Å². The smallest absolute Gasteiger partial charge is 0.253 e. The van der Waals surface area contributed by atoms with E-state index in [9.17, 15) is 9.18 Å². The number of rotatable bonds is 5. The van der Waals surface area contributed by atoms with Gasteiger partial charge in [-0.15, -0.1) is 0 Å². The summed E-state index contributed by atoms with van der Waals surface area (Å²) in [4.78, 5) is 11.5. The van der Waals surface area contributed by atoms with Crippen LogP contribution in [0, 0.1) is 5.82 Å². The molecule has 3 N–H and O–H groups in total. The molecule has 0 saturated heterocycles. The lowest BCUT2D eigenvalue weighted by Crippen LogP contribution is -2.16. The van der Waals surface area contributed by atoms with Crippen LogP contribution in [-0.4, -0.2) is 13.0 Å². The number of nitrogens with two attached hydrogens (primary N) is 1. The van der Waals surface area contributed by atoms with Gasteiger partial charge in [-0.3, -0.25) is 4.79 Å². The number of methoxy groups -OCH3 is 1. The Morgan fingerprint density at radius 1 is 1.16 bits per heavy atom. The highest BCUT2D eigenvalue weighted by Gasteiger charge is 2.15. The quantitative estimate of drug-likeness (QED) is 0.661. The van der Waals surface area contributed by atoms with Crippen molar-refractivity contribution in [2.45, 2.75) is 6.54 Å². The fourth-order valence-corrected chi connectivity index (χ4v) is 3.10. The fourth-order valence-electron chi connectivity index (χ4n) is 2.67. The molecule has 0 radical (unpaired) electrons. The molecular formula is C19H16BrFN2O2. The van der Waals surface area contributed by atoms with Gasteiger partial charge in [-0.2, -0.15) is 0 Å². The predicted octanol–water partition coefficient (Wildman–Crippen LogP) is 4.46. The molecule has 0 saturated carbocycles. The molecule has 0 aliphatic rings. The van der Waals surface area contributed by atoms with Gasteiger partial charge in [0, 0.05) is 11.0 Å². The van der Waals surface area contributed by atoms with Crippen LogP contribution in [0.1, 0.15) is 15.9 Å². The first-order valence-corrected chi connectivity index (χ1v) is 8.36. The molecule has 0 aliphatic heterocycles. The summed E-state index contributed by atoms with van der Waals surface area (Å²) < 4.78 is 19.7. The van der Waals surface area contributed by atoms with Crippen molar-refractivity contribution in [1.82, 2.24) is 0 Å². The van der Waals surface area contributed by atoms with Crippen molar-refractivity contribution >= 4 is 38.3 Å². The van der Waals surface area contributed by atoms with E-state index in [-0.39, 0.29) is 5.56 Å². The second-order valence-corrected chi connectivity index (χ2v) is 6.49. The van der Waals surface area contributed by atoms with Gasteiger partial charge < -0.3 is 15.8 Å². The minimum atomic E-state index is -0.807. The van der Waals surface area contributed by atoms with Gasteiger partial charge in [-0.05, 0) is 46.7 Å². The molecule has 0 fully saturated rings. The molecular weight excluding hydrogens is 387 g/mol. The molecule has 3 rings (SSSR count). The number of fused-ring (bicyclic) bond motifs is 1. The Balaban J connectivity index is 1.87. The summed E-state index contributed by atoms with van der Waals surface area (Å²) in [5.74, 6) is -0.665. The molecule has 3 aromatic carbocycles. The van der Waals surface area contributed by atoms with Crippen LogP contribution in [0.25, 0.3) is 10.8 Å². The standard InChI is InChI=1S/C19H16BrFN2O2/c1-25-15-5-4-12-6-11(2-3-13(12)7-15)10-23-17-9-14(20)8-16(21)18(17)19(22)24/h2-9,23H,10H2,1H3,(H2,22,24). The number of ether oxygens (including phenoxy) is 1. The van der Waals surface area contributed by atoms with Crippen LogP contribution in [0.15, 0.2) is 53.0 Å². The molecule has 0 unspecified atom stereocenters. The monoisotopic (exact) mass is 402 g/mol. The van der Waals surface area contributed by atoms with Crippen LogP contribution in [0.4, 0.5) is 10.1 Å². The lowest BCUT2D eigenvalue weighted by Gasteiger charge is -2.12. The van der Waals surface area contributed by atoms with Gasteiger partial charge >= 0.3 is 0 Å². The molecule has 0 aromatic heterocycles. The maximum atomic E-state index is 14.0. The topological polar surface area (TPSA) is 64.3 Å². The zero-order valence-electron chi connectivity index (χ0n) is 13.5. The molecule has 1 amide bonds. The Bertz CT molecular complexity index is 960. The second-order valence-electron chi connectivity index (χ2n) is 5.58. The van der Waals surface area contributed by atoms with E-state index in [1.165, 1.54) is 6.07 Å². The summed E-state index contributed by atoms with van der Waals surface area (Å²) >= 11 is 3.22. The van der Waals surface area contributed by atoms with Crippen molar-refractivity contribution in [3.8, 4) is 5.75 Å². The molecule has 3 aromatic rings. The second kappa shape index (κ2) is 7.11. The molecule has 4 nitrogen and oxygen atoms in total. The van der Waals surface area contributed by atoms with E-state index in [0.29, 0.717) is 16.7 Å². The van der Waals surface area contributed by atoms with Gasteiger partial charge in [0.15, 0.2) is 0 Å². The van der Waals surface area contributed by atoms with Crippen molar-refractivity contribution in [1.29, 1.82) is 0 Å². The number of carbonyl (C=O) groups is 1. The van der Waals surface area contributed by atoms with Crippen molar-refractivity contribution < 1.29 is 13.9 Å². The average Bonchev–Trinajstić information content (AvgIpc) is 2.58. The van der Waals surface area contributed by atoms with E-state index in [2.05, 4.69) is 21.2 Å². The predicted molar refractivity (Wildman–Crippen MR) is 100 cm³/mol. The van der Waals surface area contributed by atoms with E-state index < -0.39 is 11.7 Å². The number of primary amides is 1. The number of amides is 1. The number of benzene rings is 3. The van der Waals surface area contributed by atoms with Crippen LogP contribution in [0.2, 0.25) is 0 Å². The summed E-state index contributed by atoms with van der Waals surface area (Å²) in [5.41, 5.74) is 6.50. The zero-order chi connectivity index (χ0) is 18.0. The first kappa shape index (κ1) is 17.2. The zero-order valence-corrected chi connectivity index (χ0v) is 15.1. The Hall–Kier alpha value is -2.60. The molecule has 25 heavy (non-hydrogen) atoms. The van der Waals surface area contributed by atoms with Crippen LogP contribution in [0.5, 0.6) is 5.75 Å². The molecule has 0 atom stereocenters. The maximum Gasteiger partial charge on any atom is 0.253 e. The normalized spacial score (nSPS) is 10.7. The van der Waals surface area contributed by atoms with Crippen molar-refractivity contribution in [3.05, 3.63) is 69.9 Å². The van der Waals surface area contributed by atoms with Gasteiger partial charge in [0.1, 0.15) is 11.6 Å². The molecule has 0 spiro atoms. The summed E-state index contributed by atoms with van der Waals surface area (Å²) in [7, 11) is 1.63. The molecule has 0 aliphatic carbocycles. The first-order valence-electron chi connectivity index (χ1n) is 7.57. The van der Waals surface area contributed by atoms with E-state index >= 15 is 0 Å². The van der Waals surface area contributed by atoms with Crippen LogP contribution in [0.3, 0.4) is 0 Å². The highest BCUT2D eigenvalue weighted by atomic mass is 79.9. The van der Waals surface area contributed by atoms with Crippen molar-refractivity contribution in [3.63, 3.8) is 0 Å². The van der Waals surface area contributed by atoms with Gasteiger partial charge in [0.2, 0.25) is 0 Å². The number of carbonyl (C=O) groups excluding carboxylic acids is 1. The molecule has 0 bridgehead atoms. The van der Waals surface area contributed by atoms with Crippen LogP contribution < -0.4 is 15.8 Å². The minimum Gasteiger partial charge on any atom is -0.497 e. The first-order chi connectivity index (χ1) is 12.0. The fraction of sp³-hybridized carbons (Fsp3) is 0.105. The lowest BCUT2D eigenvalue weighted by molar-refractivity contribution is 0.0997. The highest BCUT2D eigenvalue weighted by Crippen LogP contribution is 2.26. The van der Waals surface area contributed by atoms with E-state index in [0.717, 1.165) is 22.1 Å². The van der Waals surface area contributed by atoms with Crippen molar-refractivity contribution in [2.75, 3.05) is 12.4 Å². The van der Waals surface area contributed by atoms with Gasteiger partial charge in [-0.25, -0.2) is 4.39 Å². The summed E-state index contributed by atoms with van der Waals surface area (Å²) in [6.45, 7) is 0.429. The number of nitrogens with one attached hydrogen (secondary N) is 1. The van der Waals surface area contributed by atoms with Gasteiger partial charge in [0.05, 0.1) is 18.4 Å². The van der Waals surface area contributed by atoms with E-state index in [1.807, 2.05) is 36.4 Å². The molecule has 0 heterocycles. The van der Waals surface area contributed by atoms with Gasteiger partial charge in [-0.1, -0.05) is 34.1 Å². The van der Waals surface area contributed by atoms with E-state index in [1.54, 1.807) is 13.2 Å². The third-order valence-corrected chi connectivity index (χ3v) is 4.35. The van der Waals surface area contributed by atoms with Crippen LogP contribution >= 0.6 is 15.9 Å². The average molecular weight is 403 g/mol. The number of hydrogen-bond acceptors (Lipinski definition) is 3. The molecule has 128 valence electrons. The Kier molecular flexibility index (Phi) is 4.90. The van der Waals surface area contributed by atoms with Gasteiger partial charge in [0.25, 0.3) is 5.91 Å².